The molecule has 0 spiro atoms. The Balaban J connectivity index is 1.58. The molecular weight excluding hydrogens is 460 g/mol. The van der Waals surface area contributed by atoms with Crippen LogP contribution in [0.1, 0.15) is 13.8 Å². The summed E-state index contributed by atoms with van der Waals surface area (Å²) in [5, 5.41) is 2.02. The fourth-order valence-electron chi connectivity index (χ4n) is 3.44. The van der Waals surface area contributed by atoms with Crippen molar-refractivity contribution in [3.05, 3.63) is 35.6 Å². The highest BCUT2D eigenvalue weighted by atomic mass is 32.2. The average Bonchev–Trinajstić information content (AvgIpc) is 3.28. The number of nitrogens with one attached hydrogen (secondary N) is 1. The molecular formula is C20H24N2O6S3. The van der Waals surface area contributed by atoms with Gasteiger partial charge in [0.15, 0.2) is 0 Å². The molecule has 0 radical (unpaired) electrons. The van der Waals surface area contributed by atoms with Crippen LogP contribution in [0.2, 0.25) is 0 Å². The molecule has 168 valence electrons. The number of hydrogen-bond donors (Lipinski definition) is 1. The van der Waals surface area contributed by atoms with Crippen molar-refractivity contribution in [3.8, 4) is 0 Å². The van der Waals surface area contributed by atoms with Gasteiger partial charge in [0.25, 0.3) is 0 Å². The molecule has 2 amide bonds. The zero-order valence-electron chi connectivity index (χ0n) is 17.2. The van der Waals surface area contributed by atoms with Crippen molar-refractivity contribution in [1.82, 2.24) is 10.2 Å². The third-order valence-electron chi connectivity index (χ3n) is 4.80. The van der Waals surface area contributed by atoms with Gasteiger partial charge in [-0.1, -0.05) is 25.3 Å². The molecule has 11 heteroatoms. The van der Waals surface area contributed by atoms with Crippen LogP contribution in [0.25, 0.3) is 0 Å². The van der Waals surface area contributed by atoms with Crippen LogP contribution in [0.5, 0.6) is 0 Å². The lowest BCUT2D eigenvalue weighted by molar-refractivity contribution is -0.163. The van der Waals surface area contributed by atoms with Crippen LogP contribution in [-0.2, 0) is 28.7 Å². The molecule has 1 N–H and O–H groups in total. The quantitative estimate of drug-likeness (QED) is 0.239. The summed E-state index contributed by atoms with van der Waals surface area (Å²) in [5.41, 5.74) is 0. The van der Waals surface area contributed by atoms with Gasteiger partial charge in [0.05, 0.1) is 0 Å². The van der Waals surface area contributed by atoms with Crippen molar-refractivity contribution >= 4 is 59.0 Å². The highest BCUT2D eigenvalue weighted by molar-refractivity contribution is 8.26. The minimum atomic E-state index is -0.718. The van der Waals surface area contributed by atoms with E-state index in [9.17, 15) is 19.2 Å². The first kappa shape index (κ1) is 23.8. The van der Waals surface area contributed by atoms with Crippen molar-refractivity contribution in [3.63, 3.8) is 0 Å². The fraction of sp³-hybridized carbons (Fsp3) is 0.500. The van der Waals surface area contributed by atoms with E-state index >= 15 is 0 Å². The number of rotatable bonds is 8. The van der Waals surface area contributed by atoms with E-state index in [1.54, 1.807) is 0 Å². The number of thioether (sulfide) groups is 3. The number of nitrogens with zero attached hydrogens (tertiary/aromatic N) is 1. The second kappa shape index (κ2) is 9.74. The van der Waals surface area contributed by atoms with Crippen molar-refractivity contribution in [2.45, 2.75) is 41.3 Å². The molecule has 0 aliphatic carbocycles. The molecule has 3 rings (SSSR count). The predicted octanol–water partition coefficient (Wildman–Crippen LogP) is 1.68. The van der Waals surface area contributed by atoms with E-state index in [-0.39, 0.29) is 35.7 Å². The van der Waals surface area contributed by atoms with Gasteiger partial charge < -0.3 is 19.7 Å². The second-order valence-corrected chi connectivity index (χ2v) is 11.8. The van der Waals surface area contributed by atoms with E-state index in [2.05, 4.69) is 18.5 Å². The van der Waals surface area contributed by atoms with E-state index in [1.165, 1.54) is 58.4 Å². The van der Waals surface area contributed by atoms with Gasteiger partial charge in [0, 0.05) is 20.8 Å². The standard InChI is InChI=1S/C20H24N2O6S3/c1-5-7-27-18(25)11-10-29-13(30-11)9-12(23)21-14-16(24)22-15(19(26)28-8-6-2)20(3,4)31-17(14)22/h5-6,9,11,14-15,17H,1-2,7-8,10H2,3-4H3,(H,21,23)/t11?,14-,15?,17+/m1/s1. The fourth-order valence-corrected chi connectivity index (χ4v) is 7.62. The lowest BCUT2D eigenvalue weighted by Crippen LogP contribution is -2.70. The number of carbonyl (C=O) groups excluding carboxylic acids is 4. The van der Waals surface area contributed by atoms with Crippen molar-refractivity contribution < 1.29 is 28.7 Å². The summed E-state index contributed by atoms with van der Waals surface area (Å²) in [6.45, 7) is 11.0. The van der Waals surface area contributed by atoms with Crippen molar-refractivity contribution in [2.75, 3.05) is 19.0 Å². The van der Waals surface area contributed by atoms with Gasteiger partial charge in [-0.3, -0.25) is 14.4 Å². The number of esters is 2. The maximum absolute atomic E-state index is 12.7. The van der Waals surface area contributed by atoms with E-state index in [0.717, 1.165) is 0 Å². The third-order valence-corrected chi connectivity index (χ3v) is 9.12. The molecule has 31 heavy (non-hydrogen) atoms. The lowest BCUT2D eigenvalue weighted by Gasteiger charge is -2.43. The zero-order chi connectivity index (χ0) is 22.8. The van der Waals surface area contributed by atoms with Gasteiger partial charge in [0.1, 0.15) is 35.9 Å². The van der Waals surface area contributed by atoms with Crippen LogP contribution in [0.4, 0.5) is 0 Å². The maximum atomic E-state index is 12.7. The van der Waals surface area contributed by atoms with Crippen LogP contribution < -0.4 is 5.32 Å². The van der Waals surface area contributed by atoms with Crippen molar-refractivity contribution in [1.29, 1.82) is 0 Å². The second-order valence-electron chi connectivity index (χ2n) is 7.46. The Bertz CT molecular complexity index is 843. The smallest absolute Gasteiger partial charge is 0.330 e. The monoisotopic (exact) mass is 484 g/mol. The summed E-state index contributed by atoms with van der Waals surface area (Å²) in [7, 11) is 0. The van der Waals surface area contributed by atoms with Crippen molar-refractivity contribution in [2.24, 2.45) is 0 Å². The number of carbonyl (C=O) groups is 4. The summed E-state index contributed by atoms with van der Waals surface area (Å²) in [5.74, 6) is -1.03. The Morgan fingerprint density at radius 2 is 1.84 bits per heavy atom. The third kappa shape index (κ3) is 4.98. The van der Waals surface area contributed by atoms with Crippen LogP contribution >= 0.6 is 35.3 Å². The Morgan fingerprint density at radius 3 is 2.48 bits per heavy atom. The maximum Gasteiger partial charge on any atom is 0.330 e. The van der Waals surface area contributed by atoms with Gasteiger partial charge in [-0.15, -0.1) is 35.3 Å². The van der Waals surface area contributed by atoms with Gasteiger partial charge in [-0.05, 0) is 13.8 Å². The molecule has 3 heterocycles. The largest absolute Gasteiger partial charge is 0.461 e. The lowest BCUT2D eigenvalue weighted by atomic mass is 9.96. The summed E-state index contributed by atoms with van der Waals surface area (Å²) in [4.78, 5) is 51.0. The Kier molecular flexibility index (Phi) is 7.48. The van der Waals surface area contributed by atoms with Crippen LogP contribution in [0.3, 0.4) is 0 Å². The summed E-state index contributed by atoms with van der Waals surface area (Å²) in [6.07, 6.45) is 4.37. The van der Waals surface area contributed by atoms with E-state index in [4.69, 9.17) is 9.47 Å². The minimum Gasteiger partial charge on any atom is -0.461 e. The van der Waals surface area contributed by atoms with Crippen LogP contribution in [0.15, 0.2) is 35.6 Å². The Morgan fingerprint density at radius 1 is 1.19 bits per heavy atom. The number of amides is 2. The van der Waals surface area contributed by atoms with E-state index in [1.807, 2.05) is 13.8 Å². The summed E-state index contributed by atoms with van der Waals surface area (Å²) < 4.78 is 10.3. The molecule has 3 aliphatic rings. The summed E-state index contributed by atoms with van der Waals surface area (Å²) in [6, 6.07) is -1.43. The first-order chi connectivity index (χ1) is 14.7. The Labute approximate surface area is 193 Å². The zero-order valence-corrected chi connectivity index (χ0v) is 19.6. The number of ether oxygens (including phenoxy) is 2. The minimum absolute atomic E-state index is 0.0774. The van der Waals surface area contributed by atoms with Gasteiger partial charge >= 0.3 is 11.9 Å². The normalized spacial score (nSPS) is 29.7. The molecule has 0 aromatic rings. The molecule has 2 unspecified atom stereocenters. The number of hydrogen-bond acceptors (Lipinski definition) is 9. The number of β-lactam (4-membered cyclic amide) rings is 1. The van der Waals surface area contributed by atoms with Gasteiger partial charge in [0.2, 0.25) is 11.8 Å². The molecule has 0 aromatic carbocycles. The average molecular weight is 485 g/mol. The molecule has 3 aliphatic heterocycles. The molecule has 8 nitrogen and oxygen atoms in total. The predicted molar refractivity (Wildman–Crippen MR) is 122 cm³/mol. The summed E-state index contributed by atoms with van der Waals surface area (Å²) >= 11 is 4.12. The van der Waals surface area contributed by atoms with Gasteiger partial charge in [-0.25, -0.2) is 4.79 Å². The number of fused-ring (bicyclic) bond motifs is 1. The van der Waals surface area contributed by atoms with E-state index < -0.39 is 28.7 Å². The molecule has 3 fully saturated rings. The Hall–Kier alpha value is -1.85. The highest BCUT2D eigenvalue weighted by Gasteiger charge is 2.64. The van der Waals surface area contributed by atoms with Crippen LogP contribution in [0, 0.1) is 0 Å². The van der Waals surface area contributed by atoms with Crippen LogP contribution in [-0.4, -0.2) is 75.1 Å². The highest BCUT2D eigenvalue weighted by Crippen LogP contribution is 2.51. The van der Waals surface area contributed by atoms with Gasteiger partial charge in [-0.2, -0.15) is 0 Å². The molecule has 0 bridgehead atoms. The first-order valence-electron chi connectivity index (χ1n) is 9.56. The first-order valence-corrected chi connectivity index (χ1v) is 12.3. The molecule has 0 aromatic heterocycles. The topological polar surface area (TPSA) is 102 Å². The van der Waals surface area contributed by atoms with E-state index in [0.29, 0.717) is 9.99 Å². The molecule has 3 saturated heterocycles. The molecule has 4 atom stereocenters. The molecule has 0 saturated carbocycles. The SMILES string of the molecule is C=CCOC(=O)C1CSC(=CC(=O)N[C@@H]2C(=O)N3C(C(=O)OCC=C)C(C)(C)S[C@@H]23)S1.